The summed E-state index contributed by atoms with van der Waals surface area (Å²) in [5.41, 5.74) is 2.46. The molecule has 0 aliphatic heterocycles. The van der Waals surface area contributed by atoms with Gasteiger partial charge in [0, 0.05) is 29.9 Å². The number of hydrogen-bond donors (Lipinski definition) is 0. The molecule has 0 spiro atoms. The van der Waals surface area contributed by atoms with E-state index in [1.807, 2.05) is 6.07 Å². The normalized spacial score (nSPS) is 11.0. The van der Waals surface area contributed by atoms with Gasteiger partial charge >= 0.3 is 0 Å². The molecule has 0 N–H and O–H groups in total. The second-order valence-corrected chi connectivity index (χ2v) is 7.33. The molecule has 0 bridgehead atoms. The smallest absolute Gasteiger partial charge is 0.260 e. The minimum atomic E-state index is -1.14. The van der Waals surface area contributed by atoms with Crippen LogP contribution in [0.1, 0.15) is 0 Å². The number of carbonyl (C=O) groups is 1. The standard InChI is InChI=1S/C18H12Cl4N2O2/c1-24(18(25)17(21)22)11-5-2-4-10(8-11)15-9-14(23-26-15)16-12(19)6-3-7-13(16)20/h2-9,17H,1H3. The predicted octanol–water partition coefficient (Wildman–Crippen LogP) is 6.08. The highest BCUT2D eigenvalue weighted by Gasteiger charge is 2.19. The van der Waals surface area contributed by atoms with Crippen molar-refractivity contribution in [1.29, 1.82) is 0 Å². The second-order valence-electron chi connectivity index (χ2n) is 5.42. The maximum atomic E-state index is 12.0. The van der Waals surface area contributed by atoms with Crippen molar-refractivity contribution in [3.05, 3.63) is 58.6 Å². The Labute approximate surface area is 170 Å². The summed E-state index contributed by atoms with van der Waals surface area (Å²) in [6, 6.07) is 14.1. The molecule has 26 heavy (non-hydrogen) atoms. The first-order valence-corrected chi connectivity index (χ1v) is 9.08. The highest BCUT2D eigenvalue weighted by molar-refractivity contribution is 6.54. The molecule has 0 aliphatic rings. The SMILES string of the molecule is CN(C(=O)C(Cl)Cl)c1cccc(-c2cc(-c3c(Cl)cccc3Cl)no2)c1. The molecule has 3 aromatic rings. The minimum Gasteiger partial charge on any atom is -0.356 e. The molecule has 2 aromatic carbocycles. The van der Waals surface area contributed by atoms with Gasteiger partial charge in [0.15, 0.2) is 10.6 Å². The Morgan fingerprint density at radius 3 is 2.38 bits per heavy atom. The Balaban J connectivity index is 1.95. The number of alkyl halides is 2. The Bertz CT molecular complexity index is 936. The molecule has 0 saturated heterocycles. The maximum Gasteiger partial charge on any atom is 0.260 e. The molecule has 0 atom stereocenters. The van der Waals surface area contributed by atoms with Crippen LogP contribution < -0.4 is 4.90 Å². The lowest BCUT2D eigenvalue weighted by molar-refractivity contribution is -0.116. The zero-order valence-electron chi connectivity index (χ0n) is 13.4. The van der Waals surface area contributed by atoms with Gasteiger partial charge in [0.05, 0.1) is 10.0 Å². The first-order chi connectivity index (χ1) is 12.4. The average Bonchev–Trinajstić information content (AvgIpc) is 3.10. The van der Waals surface area contributed by atoms with Crippen molar-refractivity contribution in [3.63, 3.8) is 0 Å². The Morgan fingerprint density at radius 2 is 1.73 bits per heavy atom. The maximum absolute atomic E-state index is 12.0. The Morgan fingerprint density at radius 1 is 1.08 bits per heavy atom. The van der Waals surface area contributed by atoms with E-state index in [1.54, 1.807) is 49.5 Å². The van der Waals surface area contributed by atoms with Crippen LogP contribution in [-0.2, 0) is 4.79 Å². The number of nitrogens with zero attached hydrogens (tertiary/aromatic N) is 2. The zero-order chi connectivity index (χ0) is 18.8. The van der Waals surface area contributed by atoms with E-state index in [9.17, 15) is 4.79 Å². The van der Waals surface area contributed by atoms with Gasteiger partial charge in [-0.15, -0.1) is 0 Å². The van der Waals surface area contributed by atoms with Crippen LogP contribution in [-0.4, -0.2) is 22.9 Å². The average molecular weight is 430 g/mol. The summed E-state index contributed by atoms with van der Waals surface area (Å²) >= 11 is 23.7. The van der Waals surface area contributed by atoms with Crippen LogP contribution in [0.5, 0.6) is 0 Å². The fourth-order valence-electron chi connectivity index (χ4n) is 2.41. The van der Waals surface area contributed by atoms with Crippen molar-refractivity contribution < 1.29 is 9.32 Å². The van der Waals surface area contributed by atoms with Gasteiger partial charge in [-0.05, 0) is 24.3 Å². The molecule has 1 amide bonds. The van der Waals surface area contributed by atoms with Crippen LogP contribution in [0.2, 0.25) is 10.0 Å². The van der Waals surface area contributed by atoms with E-state index >= 15 is 0 Å². The number of aromatic nitrogens is 1. The predicted molar refractivity (Wildman–Crippen MR) is 106 cm³/mol. The largest absolute Gasteiger partial charge is 0.356 e. The van der Waals surface area contributed by atoms with Crippen LogP contribution in [0, 0.1) is 0 Å². The third-order valence-electron chi connectivity index (χ3n) is 3.76. The molecule has 4 nitrogen and oxygen atoms in total. The third-order valence-corrected chi connectivity index (χ3v) is 4.77. The van der Waals surface area contributed by atoms with Crippen molar-refractivity contribution in [1.82, 2.24) is 5.16 Å². The molecule has 0 fully saturated rings. The number of hydrogen-bond acceptors (Lipinski definition) is 3. The monoisotopic (exact) mass is 428 g/mol. The Kier molecular flexibility index (Phi) is 5.78. The van der Waals surface area contributed by atoms with E-state index in [0.29, 0.717) is 32.8 Å². The summed E-state index contributed by atoms with van der Waals surface area (Å²) in [6.45, 7) is 0. The first-order valence-electron chi connectivity index (χ1n) is 7.45. The molecule has 134 valence electrons. The number of rotatable bonds is 4. The van der Waals surface area contributed by atoms with E-state index in [-0.39, 0.29) is 0 Å². The number of amides is 1. The summed E-state index contributed by atoms with van der Waals surface area (Å²) in [5, 5.41) is 5.01. The second kappa shape index (κ2) is 7.89. The van der Waals surface area contributed by atoms with Crippen molar-refractivity contribution in [3.8, 4) is 22.6 Å². The first kappa shape index (κ1) is 19.1. The minimum absolute atomic E-state index is 0.424. The van der Waals surface area contributed by atoms with Gasteiger partial charge in [0.2, 0.25) is 0 Å². The van der Waals surface area contributed by atoms with Crippen LogP contribution >= 0.6 is 46.4 Å². The van der Waals surface area contributed by atoms with E-state index in [2.05, 4.69) is 5.16 Å². The molecule has 1 aromatic heterocycles. The molecule has 0 aliphatic carbocycles. The van der Waals surface area contributed by atoms with Gasteiger partial charge in [-0.2, -0.15) is 0 Å². The van der Waals surface area contributed by atoms with Crippen molar-refractivity contribution in [2.75, 3.05) is 11.9 Å². The van der Waals surface area contributed by atoms with Crippen molar-refractivity contribution in [2.45, 2.75) is 4.84 Å². The van der Waals surface area contributed by atoms with E-state index in [1.165, 1.54) is 4.90 Å². The van der Waals surface area contributed by atoms with Gasteiger partial charge < -0.3 is 9.42 Å². The molecule has 8 heteroatoms. The fourth-order valence-corrected chi connectivity index (χ4v) is 3.30. The Hall–Kier alpha value is -1.72. The van der Waals surface area contributed by atoms with Gasteiger partial charge in [0.1, 0.15) is 5.69 Å². The van der Waals surface area contributed by atoms with E-state index < -0.39 is 10.7 Å². The number of anilines is 1. The topological polar surface area (TPSA) is 46.3 Å². The molecule has 0 saturated carbocycles. The molecule has 3 rings (SSSR count). The molecular formula is C18H12Cl4N2O2. The highest BCUT2D eigenvalue weighted by Crippen LogP contribution is 2.36. The lowest BCUT2D eigenvalue weighted by Gasteiger charge is -2.18. The van der Waals surface area contributed by atoms with Crippen LogP contribution in [0.25, 0.3) is 22.6 Å². The molecule has 0 unspecified atom stereocenters. The fraction of sp³-hybridized carbons (Fsp3) is 0.111. The number of benzene rings is 2. The summed E-state index contributed by atoms with van der Waals surface area (Å²) in [7, 11) is 1.59. The van der Waals surface area contributed by atoms with Gasteiger partial charge in [-0.25, -0.2) is 0 Å². The van der Waals surface area contributed by atoms with Crippen LogP contribution in [0.3, 0.4) is 0 Å². The number of halogens is 4. The van der Waals surface area contributed by atoms with E-state index in [4.69, 9.17) is 50.9 Å². The molecular weight excluding hydrogens is 418 g/mol. The van der Waals surface area contributed by atoms with Gasteiger partial charge in [-0.1, -0.05) is 69.8 Å². The van der Waals surface area contributed by atoms with Crippen molar-refractivity contribution in [2.24, 2.45) is 0 Å². The highest BCUT2D eigenvalue weighted by atomic mass is 35.5. The lowest BCUT2D eigenvalue weighted by Crippen LogP contribution is -2.30. The van der Waals surface area contributed by atoms with Crippen LogP contribution in [0.15, 0.2) is 53.1 Å². The number of carbonyl (C=O) groups excluding carboxylic acids is 1. The quantitative estimate of drug-likeness (QED) is 0.472. The summed E-state index contributed by atoms with van der Waals surface area (Å²) in [5.74, 6) is 0.0820. The molecule has 0 radical (unpaired) electrons. The summed E-state index contributed by atoms with van der Waals surface area (Å²) in [6.07, 6.45) is 0. The zero-order valence-corrected chi connectivity index (χ0v) is 16.4. The lowest BCUT2D eigenvalue weighted by atomic mass is 10.1. The van der Waals surface area contributed by atoms with Crippen molar-refractivity contribution >= 4 is 58.0 Å². The summed E-state index contributed by atoms with van der Waals surface area (Å²) in [4.78, 5) is 12.2. The van der Waals surface area contributed by atoms with Crippen LogP contribution in [0.4, 0.5) is 5.69 Å². The van der Waals surface area contributed by atoms with E-state index in [0.717, 1.165) is 5.56 Å². The summed E-state index contributed by atoms with van der Waals surface area (Å²) < 4.78 is 5.43. The van der Waals surface area contributed by atoms with Gasteiger partial charge in [-0.3, -0.25) is 4.79 Å². The molecule has 1 heterocycles. The van der Waals surface area contributed by atoms with Gasteiger partial charge in [0.25, 0.3) is 5.91 Å². The third kappa shape index (κ3) is 3.84.